The highest BCUT2D eigenvalue weighted by molar-refractivity contribution is 6.21. The van der Waals surface area contributed by atoms with Crippen LogP contribution >= 0.6 is 0 Å². The smallest absolute Gasteiger partial charge is 0.211 e. The minimum atomic E-state index is -0.0907. The quantitative estimate of drug-likeness (QED) is 0.372. The number of ether oxygens (including phenoxy) is 1. The van der Waals surface area contributed by atoms with Gasteiger partial charge in [0.15, 0.2) is 5.65 Å². The molecule has 0 amide bonds. The first-order valence-electron chi connectivity index (χ1n) is 10.4. The van der Waals surface area contributed by atoms with Crippen LogP contribution in [0.5, 0.6) is 5.75 Å². The van der Waals surface area contributed by atoms with Crippen LogP contribution in [0.25, 0.3) is 33.1 Å². The van der Waals surface area contributed by atoms with E-state index in [1.54, 1.807) is 31.4 Å². The second kappa shape index (κ2) is 6.65. The van der Waals surface area contributed by atoms with Crippen LogP contribution in [-0.2, 0) is 0 Å². The highest BCUT2D eigenvalue weighted by atomic mass is 16.5. The summed E-state index contributed by atoms with van der Waals surface area (Å²) in [5, 5.41) is 0.877. The molecule has 0 N–H and O–H groups in total. The zero-order chi connectivity index (χ0) is 22.0. The number of fused-ring (bicyclic) bond motifs is 7. The first kappa shape index (κ1) is 18.6. The fourth-order valence-corrected chi connectivity index (χ4v) is 4.52. The van der Waals surface area contributed by atoms with Gasteiger partial charge in [-0.05, 0) is 67.9 Å². The second-order valence-corrected chi connectivity index (χ2v) is 8.01. The Morgan fingerprint density at radius 2 is 1.75 bits per heavy atom. The lowest BCUT2D eigenvalue weighted by Gasteiger charge is -2.05. The van der Waals surface area contributed by atoms with Gasteiger partial charge in [-0.25, -0.2) is 9.97 Å². The van der Waals surface area contributed by atoms with Crippen LogP contribution in [0.3, 0.4) is 0 Å². The summed E-state index contributed by atoms with van der Waals surface area (Å²) in [6.07, 6.45) is 1.91. The van der Waals surface area contributed by atoms with Gasteiger partial charge in [-0.2, -0.15) is 0 Å². The van der Waals surface area contributed by atoms with Gasteiger partial charge >= 0.3 is 0 Å². The third kappa shape index (κ3) is 2.49. The van der Waals surface area contributed by atoms with Crippen molar-refractivity contribution in [1.82, 2.24) is 18.8 Å². The summed E-state index contributed by atoms with van der Waals surface area (Å²) < 4.78 is 9.24. The number of nitrogens with zero attached hydrogens (tertiary/aromatic N) is 4. The maximum atomic E-state index is 13.7. The lowest BCUT2D eigenvalue weighted by atomic mass is 10.1. The van der Waals surface area contributed by atoms with E-state index in [9.17, 15) is 4.79 Å². The van der Waals surface area contributed by atoms with E-state index in [4.69, 9.17) is 14.7 Å². The van der Waals surface area contributed by atoms with E-state index in [2.05, 4.69) is 29.5 Å². The molecule has 0 unspecified atom stereocenters. The molecule has 0 spiro atoms. The van der Waals surface area contributed by atoms with E-state index in [1.807, 2.05) is 35.7 Å². The minimum absolute atomic E-state index is 0.0907. The molecule has 0 saturated carbocycles. The lowest BCUT2D eigenvalue weighted by molar-refractivity contribution is 0.103. The first-order chi connectivity index (χ1) is 15.6. The lowest BCUT2D eigenvalue weighted by Crippen LogP contribution is -2.07. The number of imidazole rings is 1. The molecule has 6 rings (SSSR count). The predicted octanol–water partition coefficient (Wildman–Crippen LogP) is 5.14. The van der Waals surface area contributed by atoms with Crippen molar-refractivity contribution in [2.24, 2.45) is 0 Å². The van der Waals surface area contributed by atoms with Crippen molar-refractivity contribution in [1.29, 1.82) is 0 Å². The number of aromatic nitrogens is 4. The summed E-state index contributed by atoms with van der Waals surface area (Å²) in [7, 11) is 1.61. The summed E-state index contributed by atoms with van der Waals surface area (Å²) in [5.74, 6) is 1.41. The number of pyridine rings is 1. The van der Waals surface area contributed by atoms with Gasteiger partial charge < -0.3 is 9.14 Å². The van der Waals surface area contributed by atoms with Crippen LogP contribution in [0.4, 0.5) is 0 Å². The molecule has 2 aromatic carbocycles. The highest BCUT2D eigenvalue weighted by Crippen LogP contribution is 2.33. The molecule has 0 aliphatic heterocycles. The third-order valence-electron chi connectivity index (χ3n) is 6.02. The summed E-state index contributed by atoms with van der Waals surface area (Å²) in [6.45, 7) is 4.01. The molecule has 0 atom stereocenters. The van der Waals surface area contributed by atoms with Crippen molar-refractivity contribution in [3.05, 3.63) is 89.5 Å². The van der Waals surface area contributed by atoms with Gasteiger partial charge in [0.25, 0.3) is 0 Å². The molecule has 6 aromatic rings. The van der Waals surface area contributed by atoms with Crippen molar-refractivity contribution in [2.45, 2.75) is 13.8 Å². The molecule has 4 aromatic heterocycles. The van der Waals surface area contributed by atoms with Crippen LogP contribution in [0.1, 0.15) is 27.4 Å². The maximum Gasteiger partial charge on any atom is 0.211 e. The van der Waals surface area contributed by atoms with Crippen LogP contribution in [0, 0.1) is 13.8 Å². The van der Waals surface area contributed by atoms with E-state index in [0.717, 1.165) is 39.0 Å². The minimum Gasteiger partial charge on any atom is -0.497 e. The van der Waals surface area contributed by atoms with Gasteiger partial charge in [0.05, 0.1) is 29.0 Å². The Labute approximate surface area is 183 Å². The molecule has 0 aliphatic carbocycles. The van der Waals surface area contributed by atoms with Crippen molar-refractivity contribution < 1.29 is 9.53 Å². The average Bonchev–Trinajstić information content (AvgIpc) is 3.34. The van der Waals surface area contributed by atoms with Crippen LogP contribution < -0.4 is 4.74 Å². The normalized spacial score (nSPS) is 11.7. The number of ketones is 1. The van der Waals surface area contributed by atoms with Crippen molar-refractivity contribution >= 4 is 38.9 Å². The summed E-state index contributed by atoms with van der Waals surface area (Å²) in [5.41, 5.74) is 6.58. The van der Waals surface area contributed by atoms with Crippen molar-refractivity contribution in [2.75, 3.05) is 7.11 Å². The zero-order valence-electron chi connectivity index (χ0n) is 18.0. The van der Waals surface area contributed by atoms with E-state index in [-0.39, 0.29) is 5.78 Å². The number of hydrogen-bond donors (Lipinski definition) is 0. The molecular weight excluding hydrogens is 400 g/mol. The molecule has 4 heterocycles. The zero-order valence-corrected chi connectivity index (χ0v) is 18.0. The third-order valence-corrected chi connectivity index (χ3v) is 6.02. The topological polar surface area (TPSA) is 60.9 Å². The van der Waals surface area contributed by atoms with Gasteiger partial charge in [0, 0.05) is 11.8 Å². The van der Waals surface area contributed by atoms with Crippen LogP contribution in [0.2, 0.25) is 0 Å². The van der Waals surface area contributed by atoms with Crippen molar-refractivity contribution in [3.8, 4) is 5.75 Å². The Balaban J connectivity index is 1.74. The largest absolute Gasteiger partial charge is 0.497 e. The first-order valence-corrected chi connectivity index (χ1v) is 10.4. The van der Waals surface area contributed by atoms with Gasteiger partial charge in [-0.1, -0.05) is 12.1 Å². The standard InChI is InChI=1S/C26H20N4O2/c1-15-7-12-20-19(14-15)28-26-22-21-6-4-5-13-29(21)24(23(22)27-16(2)30(20)26)25(31)17-8-10-18(32-3)11-9-17/h4-14H,1-3H3. The molecule has 0 bridgehead atoms. The Hall–Kier alpha value is -4.19. The Morgan fingerprint density at radius 1 is 0.938 bits per heavy atom. The monoisotopic (exact) mass is 420 g/mol. The molecule has 6 nitrogen and oxygen atoms in total. The van der Waals surface area contributed by atoms with Crippen molar-refractivity contribution in [3.63, 3.8) is 0 Å². The maximum absolute atomic E-state index is 13.7. The average molecular weight is 420 g/mol. The molecule has 32 heavy (non-hydrogen) atoms. The van der Waals surface area contributed by atoms with Gasteiger partial charge in [-0.15, -0.1) is 0 Å². The Kier molecular flexibility index (Phi) is 3.86. The van der Waals surface area contributed by atoms with Gasteiger partial charge in [0.1, 0.15) is 22.8 Å². The fourth-order valence-electron chi connectivity index (χ4n) is 4.52. The Bertz CT molecular complexity index is 1690. The molecule has 6 heteroatoms. The number of rotatable bonds is 3. The van der Waals surface area contributed by atoms with Gasteiger partial charge in [-0.3, -0.25) is 9.20 Å². The SMILES string of the molecule is COc1ccc(C(=O)c2c3nc(C)n4c5ccc(C)cc5nc4c3c3ccccn23)cc1. The number of carbonyl (C=O) groups excluding carboxylic acids is 1. The molecular formula is C26H20N4O2. The summed E-state index contributed by atoms with van der Waals surface area (Å²) >= 11 is 0. The van der Waals surface area contributed by atoms with Crippen LogP contribution in [0.15, 0.2) is 66.9 Å². The second-order valence-electron chi connectivity index (χ2n) is 8.01. The molecule has 0 fully saturated rings. The summed E-state index contributed by atoms with van der Waals surface area (Å²) in [6, 6.07) is 19.3. The fraction of sp³-hybridized carbons (Fsp3) is 0.115. The van der Waals surface area contributed by atoms with E-state index >= 15 is 0 Å². The number of benzene rings is 2. The molecule has 0 saturated heterocycles. The summed E-state index contributed by atoms with van der Waals surface area (Å²) in [4.78, 5) is 23.6. The highest BCUT2D eigenvalue weighted by Gasteiger charge is 2.24. The van der Waals surface area contributed by atoms with Gasteiger partial charge in [0.2, 0.25) is 5.78 Å². The molecule has 156 valence electrons. The van der Waals surface area contributed by atoms with E-state index in [1.165, 1.54) is 0 Å². The van der Waals surface area contributed by atoms with E-state index in [0.29, 0.717) is 22.5 Å². The number of hydrogen-bond acceptors (Lipinski definition) is 4. The number of methoxy groups -OCH3 is 1. The van der Waals surface area contributed by atoms with E-state index < -0.39 is 0 Å². The predicted molar refractivity (Wildman–Crippen MR) is 125 cm³/mol. The number of aryl methyl sites for hydroxylation is 2. The number of carbonyl (C=O) groups is 1. The van der Waals surface area contributed by atoms with Crippen LogP contribution in [-0.4, -0.2) is 31.7 Å². The molecule has 0 radical (unpaired) electrons. The molecule has 0 aliphatic rings. The Morgan fingerprint density at radius 3 is 2.53 bits per heavy atom.